The minimum Gasteiger partial charge on any atom is -0.507 e. The normalized spacial score (nSPS) is 35.8. The van der Waals surface area contributed by atoms with E-state index in [1.807, 2.05) is 6.08 Å². The topological polar surface area (TPSA) is 364 Å². The fourth-order valence-electron chi connectivity index (χ4n) is 11.9. The van der Waals surface area contributed by atoms with Crippen LogP contribution in [0.5, 0.6) is 23.0 Å². The lowest BCUT2D eigenvalue weighted by Gasteiger charge is -2.57. The van der Waals surface area contributed by atoms with Gasteiger partial charge in [0.15, 0.2) is 23.0 Å². The Morgan fingerprint density at radius 2 is 1.76 bits per heavy atom. The molecule has 2 aromatic heterocycles. The van der Waals surface area contributed by atoms with E-state index in [2.05, 4.69) is 51.5 Å². The Bertz CT molecular complexity index is 3500. The van der Waals surface area contributed by atoms with Crippen molar-refractivity contribution < 1.29 is 89.1 Å². The summed E-state index contributed by atoms with van der Waals surface area (Å²) in [6, 6.07) is 6.45. The molecule has 4 aromatic rings. The molecule has 0 radical (unpaired) electrons. The molecular formula is C54H49N3O19. The van der Waals surface area contributed by atoms with Gasteiger partial charge < -0.3 is 89.8 Å². The first-order valence-electron chi connectivity index (χ1n) is 24.4. The SMILES string of the molecule is O=C(O)[C@@]12C#CC[C@@]3(O[C@@]45Oc6cc7oc(-c8cc(O)c(O)c(CCO)c8)cc(=O)c7c(O)c6[C@H](C6=CNC7N[C@@H]8C=CC[C@@H](C8)C7=C6)C=C4Cc4[nH]ccc4C#CC[C@]3(O)[C@H](O)[C@H]5O)C(=O)O[C@@H](O1)[C@H](O)[C@@H](O)[C@@H]2O. The van der Waals surface area contributed by atoms with Crippen LogP contribution in [0.4, 0.5) is 0 Å². The minimum atomic E-state index is -3.15. The van der Waals surface area contributed by atoms with Crippen molar-refractivity contribution in [2.75, 3.05) is 6.61 Å². The van der Waals surface area contributed by atoms with Crippen LogP contribution in [0.25, 0.3) is 22.3 Å². The number of allylic oxidation sites excluding steroid dienone is 4. The molecule has 13 rings (SSSR count). The summed E-state index contributed by atoms with van der Waals surface area (Å²) in [7, 11) is 0. The van der Waals surface area contributed by atoms with E-state index in [1.165, 1.54) is 12.1 Å². The Morgan fingerprint density at radius 3 is 2.55 bits per heavy atom. The summed E-state index contributed by atoms with van der Waals surface area (Å²) >= 11 is 0. The number of esters is 1. The van der Waals surface area contributed by atoms with Crippen LogP contribution in [0.2, 0.25) is 0 Å². The second kappa shape index (κ2) is 17.6. The standard InChI is InChI=1S/C54H49N3O19/c58-13-8-25-14-26(17-34(60)40(25)61)35-20-33(59)39-36(72-35)21-37-38(41(39)62)30(27-16-31-24-4-1-6-29(15-24)57-47(31)56-22-27)18-28-19-32-23(7-12-55-32)5-2-10-52(71)45(66)46(67)54(28,74-37)76-53(52)11-3-9-51(49(68)69)44(65)42(63)43(64)48(75-51)73-50(53)70/h1,6-7,12,14,16-18,20-22,24,29-30,42-48,55-58,60-67,71H,4,8,10-11,13,15,19H2,(H,68,69)/t24-,29+,30-,42+,43+,44-,45+,46+,47?,48-,51-,52-,53+,54-/m0/s1. The van der Waals surface area contributed by atoms with Gasteiger partial charge in [-0.2, -0.15) is 0 Å². The number of carbonyl (C=O) groups excluding carboxylic acids is 1. The molecule has 1 unspecified atom stereocenters. The summed E-state index contributed by atoms with van der Waals surface area (Å²) < 4.78 is 31.4. The number of hydrogen-bond acceptors (Lipinski definition) is 20. The van der Waals surface area contributed by atoms with E-state index in [0.717, 1.165) is 30.5 Å². The number of rotatable bonds is 5. The smallest absolute Gasteiger partial charge is 0.351 e. The van der Waals surface area contributed by atoms with Crippen molar-refractivity contribution in [2.45, 2.75) is 116 Å². The monoisotopic (exact) mass is 1040 g/mol. The Kier molecular flexibility index (Phi) is 11.4. The number of carboxylic acid groups (broad SMARTS) is 1. The fourth-order valence-corrected chi connectivity index (χ4v) is 11.9. The molecule has 2 aromatic carbocycles. The van der Waals surface area contributed by atoms with Gasteiger partial charge in [0.25, 0.3) is 11.4 Å². The Hall–Kier alpha value is -7.45. The second-order valence-corrected chi connectivity index (χ2v) is 20.3. The highest BCUT2D eigenvalue weighted by Crippen LogP contribution is 2.57. The third-order valence-corrected chi connectivity index (χ3v) is 16.0. The molecule has 2 aliphatic carbocycles. The molecule has 3 saturated heterocycles. The number of phenolic OH excluding ortho intramolecular Hbond substituents is 3. The number of hydrogen-bond donors (Lipinski definition) is 14. The number of aromatic nitrogens is 1. The maximum Gasteiger partial charge on any atom is 0.351 e. The molecule has 6 bridgehead atoms. The first-order chi connectivity index (χ1) is 36.3. The summed E-state index contributed by atoms with van der Waals surface area (Å²) in [5.74, 6) is 0.296. The maximum absolute atomic E-state index is 15.3. The van der Waals surface area contributed by atoms with E-state index < -0.39 is 125 Å². The molecule has 0 amide bonds. The number of aliphatic hydroxyl groups excluding tert-OH is 6. The minimum absolute atomic E-state index is 0.0689. The molecule has 0 saturated carbocycles. The number of aromatic hydroxyl groups is 3. The zero-order valence-electron chi connectivity index (χ0n) is 39.8. The highest BCUT2D eigenvalue weighted by atomic mass is 16.8. The number of piperidine rings is 1. The number of phenols is 3. The van der Waals surface area contributed by atoms with E-state index in [-0.39, 0.29) is 70.0 Å². The van der Waals surface area contributed by atoms with Crippen molar-refractivity contribution in [2.24, 2.45) is 5.92 Å². The van der Waals surface area contributed by atoms with Crippen LogP contribution >= 0.6 is 0 Å². The van der Waals surface area contributed by atoms with Gasteiger partial charge in [0.2, 0.25) is 11.9 Å². The van der Waals surface area contributed by atoms with Crippen molar-refractivity contribution in [3.05, 3.63) is 116 Å². The van der Waals surface area contributed by atoms with E-state index in [0.29, 0.717) is 16.8 Å². The lowest BCUT2D eigenvalue weighted by atomic mass is 9.67. The van der Waals surface area contributed by atoms with E-state index in [4.69, 9.17) is 23.4 Å². The molecule has 2 spiro atoms. The lowest BCUT2D eigenvalue weighted by molar-refractivity contribution is -0.378. The van der Waals surface area contributed by atoms with Gasteiger partial charge in [-0.3, -0.25) is 10.1 Å². The number of carboxylic acids is 1. The summed E-state index contributed by atoms with van der Waals surface area (Å²) in [6.45, 7) is -0.415. The number of aliphatic hydroxyl groups is 7. The lowest BCUT2D eigenvalue weighted by Crippen LogP contribution is -2.80. The molecule has 9 aliphatic rings. The quantitative estimate of drug-likeness (QED) is 0.0526. The van der Waals surface area contributed by atoms with E-state index in [9.17, 15) is 65.8 Å². The van der Waals surface area contributed by atoms with Crippen molar-refractivity contribution in [1.82, 2.24) is 15.6 Å². The summed E-state index contributed by atoms with van der Waals surface area (Å²) in [4.78, 5) is 45.8. The van der Waals surface area contributed by atoms with E-state index in [1.54, 1.807) is 24.5 Å². The highest BCUT2D eigenvalue weighted by Gasteiger charge is 2.75. The fraction of sp³-hybridized carbons (Fsp3) is 0.389. The van der Waals surface area contributed by atoms with Crippen LogP contribution < -0.4 is 20.8 Å². The molecule has 3 fully saturated rings. The van der Waals surface area contributed by atoms with Crippen LogP contribution in [-0.4, -0.2) is 151 Å². The van der Waals surface area contributed by atoms with Crippen LogP contribution in [0, 0.1) is 29.6 Å². The first kappa shape index (κ1) is 49.4. The highest BCUT2D eigenvalue weighted by molar-refractivity contribution is 5.90. The zero-order valence-corrected chi connectivity index (χ0v) is 39.8. The van der Waals surface area contributed by atoms with Crippen molar-refractivity contribution in [3.63, 3.8) is 0 Å². The predicted molar refractivity (Wildman–Crippen MR) is 258 cm³/mol. The molecule has 22 nitrogen and oxygen atoms in total. The molecule has 22 heteroatoms. The number of ether oxygens (including phenoxy) is 4. The summed E-state index contributed by atoms with van der Waals surface area (Å²) in [6.07, 6.45) is -4.85. The van der Waals surface area contributed by atoms with Gasteiger partial charge in [-0.25, -0.2) is 9.59 Å². The van der Waals surface area contributed by atoms with Crippen LogP contribution in [0.1, 0.15) is 54.0 Å². The third-order valence-electron chi connectivity index (χ3n) is 16.0. The number of H-pyrrole nitrogens is 1. The number of benzene rings is 2. The van der Waals surface area contributed by atoms with Crippen molar-refractivity contribution >= 4 is 22.9 Å². The molecule has 394 valence electrons. The number of nitrogens with one attached hydrogen (secondary N) is 3. The van der Waals surface area contributed by atoms with Crippen LogP contribution in [-0.2, 0) is 36.6 Å². The van der Waals surface area contributed by atoms with Gasteiger partial charge in [0.1, 0.15) is 58.2 Å². The van der Waals surface area contributed by atoms with Gasteiger partial charge >= 0.3 is 11.9 Å². The number of aromatic amines is 1. The van der Waals surface area contributed by atoms with Crippen molar-refractivity contribution in [1.29, 1.82) is 0 Å². The van der Waals surface area contributed by atoms with Gasteiger partial charge in [0.05, 0.1) is 12.6 Å². The average Bonchev–Trinajstić information content (AvgIpc) is 3.89. The summed E-state index contributed by atoms with van der Waals surface area (Å²) in [5, 5.41) is 133. The van der Waals surface area contributed by atoms with Gasteiger partial charge in [-0.15, -0.1) is 0 Å². The number of fused-ring (bicyclic) bond motifs is 10. The maximum atomic E-state index is 15.3. The van der Waals surface area contributed by atoms with E-state index >= 15 is 4.79 Å². The van der Waals surface area contributed by atoms with Gasteiger partial charge in [-0.05, 0) is 54.5 Å². The number of dihydropyridines is 1. The number of carbonyl (C=O) groups is 2. The van der Waals surface area contributed by atoms with Gasteiger partial charge in [-0.1, -0.05) is 48.0 Å². The van der Waals surface area contributed by atoms with Crippen LogP contribution in [0.15, 0.2) is 93.0 Å². The Balaban J connectivity index is 1.12. The second-order valence-electron chi connectivity index (χ2n) is 20.3. The molecular weight excluding hydrogens is 995 g/mol. The Labute approximate surface area is 429 Å². The van der Waals surface area contributed by atoms with Crippen molar-refractivity contribution in [3.8, 4) is 58.0 Å². The zero-order chi connectivity index (χ0) is 53.4. The molecule has 7 aliphatic heterocycles. The molecule has 14 atom stereocenters. The summed E-state index contributed by atoms with van der Waals surface area (Å²) in [5.41, 5.74) is -8.33. The number of aliphatic carboxylic acids is 1. The molecule has 14 N–H and O–H groups in total. The van der Waals surface area contributed by atoms with Gasteiger partial charge in [0, 0.05) is 89.5 Å². The first-order valence-corrected chi connectivity index (χ1v) is 24.4. The molecule has 76 heavy (non-hydrogen) atoms. The average molecular weight is 1040 g/mol. The largest absolute Gasteiger partial charge is 0.507 e. The predicted octanol–water partition coefficient (Wildman–Crippen LogP) is -0.351. The Morgan fingerprint density at radius 1 is 0.947 bits per heavy atom. The molecule has 9 heterocycles. The van der Waals surface area contributed by atoms with Crippen LogP contribution in [0.3, 0.4) is 0 Å². The third kappa shape index (κ3) is 7.11.